The Kier molecular flexibility index (Phi) is 6.69. The third-order valence-electron chi connectivity index (χ3n) is 5.43. The van der Waals surface area contributed by atoms with Gasteiger partial charge in [-0.2, -0.15) is 0 Å². The van der Waals surface area contributed by atoms with E-state index in [-0.39, 0.29) is 23.0 Å². The van der Waals surface area contributed by atoms with E-state index in [0.29, 0.717) is 24.3 Å². The van der Waals surface area contributed by atoms with Crippen molar-refractivity contribution in [1.29, 1.82) is 0 Å². The molecule has 0 spiro atoms. The Morgan fingerprint density at radius 2 is 1.06 bits per heavy atom. The Bertz CT molecular complexity index is 1230. The molecule has 4 aromatic carbocycles. The van der Waals surface area contributed by atoms with Crippen LogP contribution in [0.2, 0.25) is 0 Å². The number of aromatic hydroxyl groups is 4. The molecule has 0 amide bonds. The van der Waals surface area contributed by atoms with Crippen LogP contribution in [0.15, 0.2) is 84.9 Å². The van der Waals surface area contributed by atoms with Crippen molar-refractivity contribution in [2.24, 2.45) is 0 Å². The molecule has 33 heavy (non-hydrogen) atoms. The van der Waals surface area contributed by atoms with Crippen LogP contribution in [0.5, 0.6) is 34.5 Å². The molecule has 0 aromatic heterocycles. The summed E-state index contributed by atoms with van der Waals surface area (Å²) >= 11 is 0. The second-order valence-corrected chi connectivity index (χ2v) is 8.08. The summed E-state index contributed by atoms with van der Waals surface area (Å²) in [6, 6.07) is 24.8. The molecule has 0 unspecified atom stereocenters. The molecule has 0 radical (unpaired) electrons. The summed E-state index contributed by atoms with van der Waals surface area (Å²) < 4.78 is 5.98. The van der Waals surface area contributed by atoms with E-state index in [1.807, 2.05) is 42.5 Å². The zero-order chi connectivity index (χ0) is 23.2. The summed E-state index contributed by atoms with van der Waals surface area (Å²) in [6.45, 7) is 0. The third-order valence-corrected chi connectivity index (χ3v) is 5.43. The van der Waals surface area contributed by atoms with Crippen molar-refractivity contribution in [1.82, 2.24) is 0 Å². The van der Waals surface area contributed by atoms with Crippen molar-refractivity contribution in [2.75, 3.05) is 0 Å². The highest BCUT2D eigenvalue weighted by Crippen LogP contribution is 2.32. The number of phenolic OH excluding ortho intramolecular Hbond substituents is 4. The first-order valence-corrected chi connectivity index (χ1v) is 10.8. The maximum absolute atomic E-state index is 10.3. The molecular formula is C28H26O5. The number of ether oxygens (including phenoxy) is 1. The summed E-state index contributed by atoms with van der Waals surface area (Å²) in [7, 11) is 0. The van der Waals surface area contributed by atoms with Crippen molar-refractivity contribution in [3.63, 3.8) is 0 Å². The Morgan fingerprint density at radius 3 is 1.76 bits per heavy atom. The van der Waals surface area contributed by atoms with Crippen molar-refractivity contribution in [3.05, 3.63) is 107 Å². The first kappa shape index (κ1) is 22.1. The lowest BCUT2D eigenvalue weighted by atomic mass is 10.0. The maximum atomic E-state index is 10.3. The van der Waals surface area contributed by atoms with Gasteiger partial charge >= 0.3 is 0 Å². The molecule has 168 valence electrons. The smallest absolute Gasteiger partial charge is 0.169 e. The highest BCUT2D eigenvalue weighted by atomic mass is 16.5. The van der Waals surface area contributed by atoms with E-state index in [4.69, 9.17) is 4.74 Å². The van der Waals surface area contributed by atoms with Gasteiger partial charge in [0, 0.05) is 6.07 Å². The molecule has 4 aromatic rings. The monoisotopic (exact) mass is 442 g/mol. The molecule has 0 saturated carbocycles. The first-order valence-electron chi connectivity index (χ1n) is 10.8. The minimum atomic E-state index is 0.0312. The average molecular weight is 443 g/mol. The standard InChI is InChI=1S/C28H26O5/c29-23-5-1-3-19(13-23)7-8-20-4-2-6-26(16-20)33-28-17-21(11-12-27(28)32)9-10-22-14-24(30)18-25(31)15-22/h1-6,11-18,29-32H,7-10H2. The van der Waals surface area contributed by atoms with Crippen LogP contribution in [0.3, 0.4) is 0 Å². The fourth-order valence-electron chi connectivity index (χ4n) is 3.78. The molecule has 0 aliphatic heterocycles. The van der Waals surface area contributed by atoms with E-state index in [2.05, 4.69) is 0 Å². The van der Waals surface area contributed by atoms with Gasteiger partial charge in [-0.3, -0.25) is 0 Å². The number of aryl methyl sites for hydroxylation is 4. The van der Waals surface area contributed by atoms with Gasteiger partial charge in [0.05, 0.1) is 0 Å². The minimum absolute atomic E-state index is 0.0312. The Balaban J connectivity index is 1.42. The van der Waals surface area contributed by atoms with E-state index >= 15 is 0 Å². The van der Waals surface area contributed by atoms with Crippen molar-refractivity contribution >= 4 is 0 Å². The third kappa shape index (κ3) is 6.20. The van der Waals surface area contributed by atoms with Crippen LogP contribution in [-0.2, 0) is 25.7 Å². The molecule has 0 aliphatic rings. The normalized spacial score (nSPS) is 10.8. The van der Waals surface area contributed by atoms with Crippen LogP contribution in [-0.4, -0.2) is 20.4 Å². The molecule has 0 saturated heterocycles. The van der Waals surface area contributed by atoms with E-state index in [9.17, 15) is 20.4 Å². The number of hydrogen-bond donors (Lipinski definition) is 4. The lowest BCUT2D eigenvalue weighted by Gasteiger charge is -2.11. The quantitative estimate of drug-likeness (QED) is 0.274. The second kappa shape index (κ2) is 10.0. The highest BCUT2D eigenvalue weighted by molar-refractivity contribution is 5.45. The molecule has 0 aliphatic carbocycles. The molecule has 0 fully saturated rings. The van der Waals surface area contributed by atoms with Gasteiger partial charge in [0.15, 0.2) is 11.5 Å². The van der Waals surface area contributed by atoms with Crippen LogP contribution in [0.1, 0.15) is 22.3 Å². The van der Waals surface area contributed by atoms with Crippen molar-refractivity contribution in [3.8, 4) is 34.5 Å². The number of rotatable bonds is 8. The fourth-order valence-corrected chi connectivity index (χ4v) is 3.78. The van der Waals surface area contributed by atoms with Gasteiger partial charge in [0.2, 0.25) is 0 Å². The SMILES string of the molecule is Oc1cccc(CCc2cccc(Oc3cc(CCc4cc(O)cc(O)c4)ccc3O)c2)c1. The summed E-state index contributed by atoms with van der Waals surface area (Å²) in [6.07, 6.45) is 2.87. The van der Waals surface area contributed by atoms with Gasteiger partial charge in [0.25, 0.3) is 0 Å². The zero-order valence-electron chi connectivity index (χ0n) is 18.1. The Labute approximate surface area is 192 Å². The molecule has 0 bridgehead atoms. The molecule has 5 nitrogen and oxygen atoms in total. The summed E-state index contributed by atoms with van der Waals surface area (Å²) in [5.74, 6) is 1.39. The summed E-state index contributed by atoms with van der Waals surface area (Å²) in [4.78, 5) is 0. The van der Waals surface area contributed by atoms with Gasteiger partial charge in [-0.15, -0.1) is 0 Å². The molecule has 0 atom stereocenters. The van der Waals surface area contributed by atoms with E-state index < -0.39 is 0 Å². The first-order chi connectivity index (χ1) is 15.9. The zero-order valence-corrected chi connectivity index (χ0v) is 18.1. The number of phenols is 4. The second-order valence-electron chi connectivity index (χ2n) is 8.08. The molecule has 0 heterocycles. The van der Waals surface area contributed by atoms with Crippen molar-refractivity contribution < 1.29 is 25.2 Å². The predicted molar refractivity (Wildman–Crippen MR) is 127 cm³/mol. The van der Waals surface area contributed by atoms with Crippen LogP contribution in [0.25, 0.3) is 0 Å². The lowest BCUT2D eigenvalue weighted by Crippen LogP contribution is -1.94. The van der Waals surface area contributed by atoms with Crippen LogP contribution in [0, 0.1) is 0 Å². The summed E-state index contributed by atoms with van der Waals surface area (Å²) in [5.41, 5.74) is 3.94. The molecule has 4 rings (SSSR count). The molecule has 5 heteroatoms. The van der Waals surface area contributed by atoms with Gasteiger partial charge in [-0.1, -0.05) is 30.3 Å². The van der Waals surface area contributed by atoms with Crippen molar-refractivity contribution in [2.45, 2.75) is 25.7 Å². The number of hydrogen-bond acceptors (Lipinski definition) is 5. The van der Waals surface area contributed by atoms with E-state index in [1.165, 1.54) is 6.07 Å². The number of benzene rings is 4. The van der Waals surface area contributed by atoms with Crippen LogP contribution in [0.4, 0.5) is 0 Å². The van der Waals surface area contributed by atoms with Gasteiger partial charge in [0.1, 0.15) is 23.0 Å². The maximum Gasteiger partial charge on any atom is 0.169 e. The topological polar surface area (TPSA) is 90.2 Å². The highest BCUT2D eigenvalue weighted by Gasteiger charge is 2.08. The van der Waals surface area contributed by atoms with Crippen LogP contribution < -0.4 is 4.74 Å². The molecular weight excluding hydrogens is 416 g/mol. The molecule has 4 N–H and O–H groups in total. The van der Waals surface area contributed by atoms with Gasteiger partial charge in [-0.25, -0.2) is 0 Å². The minimum Gasteiger partial charge on any atom is -0.508 e. The van der Waals surface area contributed by atoms with Crippen LogP contribution >= 0.6 is 0 Å². The Hall–Kier alpha value is -4.12. The van der Waals surface area contributed by atoms with E-state index in [1.54, 1.807) is 36.4 Å². The largest absolute Gasteiger partial charge is 0.508 e. The van der Waals surface area contributed by atoms with E-state index in [0.717, 1.165) is 35.1 Å². The van der Waals surface area contributed by atoms with Gasteiger partial charge in [-0.05, 0) is 96.5 Å². The lowest BCUT2D eigenvalue weighted by molar-refractivity contribution is 0.410. The van der Waals surface area contributed by atoms with Gasteiger partial charge < -0.3 is 25.2 Å². The fraction of sp³-hybridized carbons (Fsp3) is 0.143. The summed E-state index contributed by atoms with van der Waals surface area (Å²) in [5, 5.41) is 39.2. The Morgan fingerprint density at radius 1 is 0.485 bits per heavy atom. The predicted octanol–water partition coefficient (Wildman–Crippen LogP) is 5.87. The average Bonchev–Trinajstić information content (AvgIpc) is 2.78.